The zero-order chi connectivity index (χ0) is 11.0. The number of nitrogens with one attached hydrogen (secondary N) is 1. The average molecular weight is 195 g/mol. The molecule has 0 aromatic carbocycles. The van der Waals surface area contributed by atoms with Gasteiger partial charge in [-0.15, -0.1) is 0 Å². The number of hydrogen-bond acceptors (Lipinski definition) is 1. The van der Waals surface area contributed by atoms with Gasteiger partial charge in [0.15, 0.2) is 0 Å². The van der Waals surface area contributed by atoms with E-state index in [-0.39, 0.29) is 5.41 Å². The molecule has 0 radical (unpaired) electrons. The van der Waals surface area contributed by atoms with Crippen molar-refractivity contribution in [2.75, 3.05) is 13.6 Å². The topological polar surface area (TPSA) is 12.0 Å². The number of hydrogen-bond donors (Lipinski definition) is 1. The van der Waals surface area contributed by atoms with Crippen LogP contribution in [0.3, 0.4) is 0 Å². The van der Waals surface area contributed by atoms with E-state index in [1.807, 2.05) is 7.05 Å². The van der Waals surface area contributed by atoms with E-state index in [2.05, 4.69) is 51.2 Å². The van der Waals surface area contributed by atoms with Gasteiger partial charge >= 0.3 is 0 Å². The Bertz CT molecular complexity index is 199. The van der Waals surface area contributed by atoms with Gasteiger partial charge in [0.05, 0.1) is 0 Å². The van der Waals surface area contributed by atoms with E-state index in [0.717, 1.165) is 19.4 Å². The highest BCUT2D eigenvalue weighted by Crippen LogP contribution is 2.30. The molecule has 0 unspecified atom stereocenters. The van der Waals surface area contributed by atoms with Crippen molar-refractivity contribution in [3.63, 3.8) is 0 Å². The van der Waals surface area contributed by atoms with Crippen LogP contribution in [0, 0.1) is 5.41 Å². The first-order valence-corrected chi connectivity index (χ1v) is 5.56. The normalized spacial score (nSPS) is 13.9. The van der Waals surface area contributed by atoms with Gasteiger partial charge in [0.25, 0.3) is 0 Å². The van der Waals surface area contributed by atoms with Crippen LogP contribution in [0.5, 0.6) is 0 Å². The Labute approximate surface area is 89.3 Å². The maximum atomic E-state index is 3.21. The molecule has 0 aliphatic carbocycles. The molecular formula is C13H25N. The van der Waals surface area contributed by atoms with Crippen LogP contribution in [0.2, 0.25) is 0 Å². The third-order valence-electron chi connectivity index (χ3n) is 2.51. The van der Waals surface area contributed by atoms with E-state index in [9.17, 15) is 0 Å². The van der Waals surface area contributed by atoms with Crippen LogP contribution in [-0.2, 0) is 0 Å². The lowest BCUT2D eigenvalue weighted by Gasteiger charge is -2.25. The van der Waals surface area contributed by atoms with Crippen LogP contribution < -0.4 is 5.32 Å². The molecule has 0 saturated carbocycles. The van der Waals surface area contributed by atoms with Crippen molar-refractivity contribution < 1.29 is 0 Å². The summed E-state index contributed by atoms with van der Waals surface area (Å²) in [5.41, 5.74) is 1.74. The van der Waals surface area contributed by atoms with Gasteiger partial charge < -0.3 is 5.32 Å². The van der Waals surface area contributed by atoms with E-state index in [1.54, 1.807) is 0 Å². The Kier molecular flexibility index (Phi) is 6.56. The van der Waals surface area contributed by atoms with Crippen molar-refractivity contribution in [2.24, 2.45) is 5.41 Å². The summed E-state index contributed by atoms with van der Waals surface area (Å²) in [6, 6.07) is 0. The summed E-state index contributed by atoms with van der Waals surface area (Å²) in [6.45, 7) is 9.91. The summed E-state index contributed by atoms with van der Waals surface area (Å²) in [5, 5.41) is 3.21. The fourth-order valence-electron chi connectivity index (χ4n) is 1.72. The van der Waals surface area contributed by atoms with Gasteiger partial charge in [-0.1, -0.05) is 44.6 Å². The largest absolute Gasteiger partial charge is 0.319 e. The van der Waals surface area contributed by atoms with Gasteiger partial charge in [-0.3, -0.25) is 0 Å². The van der Waals surface area contributed by atoms with E-state index in [0.29, 0.717) is 0 Å². The lowest BCUT2D eigenvalue weighted by atomic mass is 9.81. The summed E-state index contributed by atoms with van der Waals surface area (Å²) in [6.07, 6.45) is 9.05. The number of rotatable bonds is 6. The second kappa shape index (κ2) is 6.83. The van der Waals surface area contributed by atoms with Gasteiger partial charge in [-0.2, -0.15) is 0 Å². The summed E-state index contributed by atoms with van der Waals surface area (Å²) >= 11 is 0. The van der Waals surface area contributed by atoms with Crippen molar-refractivity contribution in [1.29, 1.82) is 0 Å². The Balaban J connectivity index is 4.55. The average Bonchev–Trinajstić information content (AvgIpc) is 2.11. The molecule has 1 heteroatoms. The van der Waals surface area contributed by atoms with Gasteiger partial charge in [0, 0.05) is 5.41 Å². The van der Waals surface area contributed by atoms with Crippen LogP contribution in [0.15, 0.2) is 23.8 Å². The summed E-state index contributed by atoms with van der Waals surface area (Å²) in [5.74, 6) is 0. The summed E-state index contributed by atoms with van der Waals surface area (Å²) in [7, 11) is 2.01. The van der Waals surface area contributed by atoms with Crippen LogP contribution in [0.1, 0.15) is 40.5 Å². The highest BCUT2D eigenvalue weighted by Gasteiger charge is 2.18. The molecule has 0 bridgehead atoms. The van der Waals surface area contributed by atoms with Gasteiger partial charge in [-0.25, -0.2) is 0 Å². The molecule has 0 aliphatic heterocycles. The molecule has 1 nitrogen and oxygen atoms in total. The van der Waals surface area contributed by atoms with E-state index < -0.39 is 0 Å². The van der Waals surface area contributed by atoms with Crippen molar-refractivity contribution in [3.8, 4) is 0 Å². The van der Waals surface area contributed by atoms with Crippen molar-refractivity contribution in [2.45, 2.75) is 40.5 Å². The molecule has 0 heterocycles. The molecule has 0 spiro atoms. The molecule has 0 aromatic heterocycles. The molecule has 14 heavy (non-hydrogen) atoms. The van der Waals surface area contributed by atoms with Crippen molar-refractivity contribution in [3.05, 3.63) is 23.8 Å². The van der Waals surface area contributed by atoms with Crippen LogP contribution in [0.25, 0.3) is 0 Å². The first-order valence-electron chi connectivity index (χ1n) is 5.56. The second-order valence-electron chi connectivity index (χ2n) is 4.21. The Hall–Kier alpha value is -0.560. The molecule has 0 atom stereocenters. The predicted octanol–water partition coefficient (Wildman–Crippen LogP) is 3.53. The zero-order valence-electron chi connectivity index (χ0n) is 10.4. The van der Waals surface area contributed by atoms with Crippen LogP contribution in [0.4, 0.5) is 0 Å². The number of allylic oxidation sites excluding steroid dienone is 3. The fraction of sp³-hybridized carbons (Fsp3) is 0.692. The molecule has 1 N–H and O–H groups in total. The molecule has 0 saturated heterocycles. The molecule has 0 fully saturated rings. The highest BCUT2D eigenvalue weighted by molar-refractivity contribution is 5.19. The van der Waals surface area contributed by atoms with Crippen molar-refractivity contribution in [1.82, 2.24) is 5.32 Å². The van der Waals surface area contributed by atoms with Gasteiger partial charge in [0.2, 0.25) is 0 Å². The first-order chi connectivity index (χ1) is 6.58. The minimum Gasteiger partial charge on any atom is -0.319 e. The third-order valence-corrected chi connectivity index (χ3v) is 2.51. The van der Waals surface area contributed by atoms with E-state index >= 15 is 0 Å². The first kappa shape index (κ1) is 13.4. The second-order valence-corrected chi connectivity index (χ2v) is 4.21. The molecule has 82 valence electrons. The van der Waals surface area contributed by atoms with E-state index in [4.69, 9.17) is 0 Å². The quantitative estimate of drug-likeness (QED) is 0.639. The standard InChI is InChI=1S/C13H25N/c1-6-8-12(9-11-14-5)13(3,4)10-7-2/h7-8,10,14H,6,9,11H2,1-5H3/b10-7-,12-8+. The zero-order valence-corrected chi connectivity index (χ0v) is 10.4. The van der Waals surface area contributed by atoms with Gasteiger partial charge in [-0.05, 0) is 33.4 Å². The van der Waals surface area contributed by atoms with Crippen LogP contribution in [-0.4, -0.2) is 13.6 Å². The summed E-state index contributed by atoms with van der Waals surface area (Å²) in [4.78, 5) is 0. The van der Waals surface area contributed by atoms with Crippen molar-refractivity contribution >= 4 is 0 Å². The van der Waals surface area contributed by atoms with Crippen LogP contribution >= 0.6 is 0 Å². The summed E-state index contributed by atoms with van der Waals surface area (Å²) < 4.78 is 0. The molecule has 0 aliphatic rings. The smallest absolute Gasteiger partial charge is 0.00346 e. The lowest BCUT2D eigenvalue weighted by molar-refractivity contribution is 0.540. The minimum atomic E-state index is 0.210. The highest BCUT2D eigenvalue weighted by atomic mass is 14.8. The Morgan fingerprint density at radius 3 is 2.43 bits per heavy atom. The SMILES string of the molecule is C/C=C\C(C)(C)/C(=C/CC)CCNC. The maximum Gasteiger partial charge on any atom is 0.00346 e. The monoisotopic (exact) mass is 195 g/mol. The molecule has 0 amide bonds. The molecule has 0 aromatic rings. The minimum absolute atomic E-state index is 0.210. The van der Waals surface area contributed by atoms with E-state index in [1.165, 1.54) is 5.57 Å². The molecule has 0 rings (SSSR count). The predicted molar refractivity (Wildman–Crippen MR) is 65.5 cm³/mol. The third kappa shape index (κ3) is 4.61. The Morgan fingerprint density at radius 2 is 2.00 bits per heavy atom. The maximum absolute atomic E-state index is 3.21. The molecular weight excluding hydrogens is 170 g/mol. The fourth-order valence-corrected chi connectivity index (χ4v) is 1.72. The van der Waals surface area contributed by atoms with Gasteiger partial charge in [0.1, 0.15) is 0 Å². The lowest BCUT2D eigenvalue weighted by Crippen LogP contribution is -2.17. The Morgan fingerprint density at radius 1 is 1.36 bits per heavy atom.